The molecule has 0 saturated carbocycles. The first-order valence-corrected chi connectivity index (χ1v) is 12.0. The van der Waals surface area contributed by atoms with Crippen molar-refractivity contribution < 1.29 is 22.7 Å². The quantitative estimate of drug-likeness (QED) is 0.704. The van der Waals surface area contributed by atoms with Crippen molar-refractivity contribution in [3.8, 4) is 5.75 Å². The third kappa shape index (κ3) is 4.95. The second-order valence-corrected chi connectivity index (χ2v) is 9.78. The summed E-state index contributed by atoms with van der Waals surface area (Å²) in [5, 5.41) is 2.72. The van der Waals surface area contributed by atoms with Crippen molar-refractivity contribution in [3.63, 3.8) is 0 Å². The topological polar surface area (TPSA) is 96.0 Å². The molecule has 0 aliphatic carbocycles. The molecular formula is C21H31N3O5S. The van der Waals surface area contributed by atoms with Crippen LogP contribution in [0.25, 0.3) is 0 Å². The number of methoxy groups -OCH3 is 1. The van der Waals surface area contributed by atoms with Gasteiger partial charge in [0.05, 0.1) is 7.11 Å². The summed E-state index contributed by atoms with van der Waals surface area (Å²) in [4.78, 5) is 26.5. The Labute approximate surface area is 178 Å². The van der Waals surface area contributed by atoms with E-state index in [2.05, 4.69) is 5.32 Å². The molecule has 2 aliphatic rings. The van der Waals surface area contributed by atoms with Crippen LogP contribution in [0.2, 0.25) is 0 Å². The maximum atomic E-state index is 13.3. The third-order valence-corrected chi connectivity index (χ3v) is 7.87. The molecular weight excluding hydrogens is 406 g/mol. The fraction of sp³-hybridized carbons (Fsp3) is 0.619. The lowest BCUT2D eigenvalue weighted by Crippen LogP contribution is -2.42. The van der Waals surface area contributed by atoms with Crippen LogP contribution in [-0.4, -0.2) is 68.8 Å². The number of nitrogens with one attached hydrogen (secondary N) is 1. The molecule has 2 amide bonds. The third-order valence-electron chi connectivity index (χ3n) is 5.84. The summed E-state index contributed by atoms with van der Waals surface area (Å²) < 4.78 is 33.3. The highest BCUT2D eigenvalue weighted by molar-refractivity contribution is 7.89. The lowest BCUT2D eigenvalue weighted by molar-refractivity contribution is -0.129. The normalized spacial score (nSPS) is 20.2. The van der Waals surface area contributed by atoms with Gasteiger partial charge in [0.15, 0.2) is 0 Å². The zero-order chi connectivity index (χ0) is 21.7. The van der Waals surface area contributed by atoms with E-state index in [4.69, 9.17) is 4.74 Å². The molecule has 2 fully saturated rings. The minimum absolute atomic E-state index is 0.000423. The van der Waals surface area contributed by atoms with Crippen LogP contribution in [0.1, 0.15) is 55.8 Å². The van der Waals surface area contributed by atoms with Gasteiger partial charge in [0.25, 0.3) is 5.91 Å². The van der Waals surface area contributed by atoms with Crippen LogP contribution in [-0.2, 0) is 14.8 Å². The van der Waals surface area contributed by atoms with Crippen LogP contribution in [0.3, 0.4) is 0 Å². The summed E-state index contributed by atoms with van der Waals surface area (Å²) in [7, 11) is -2.37. The number of likely N-dealkylation sites (tertiary alicyclic amines) is 1. The average Bonchev–Trinajstić information content (AvgIpc) is 3.28. The standard InChI is InChI=1S/C21H31N3O5S/c1-16-7-3-4-14-24(16)30(27,28)19-15-17(8-9-18(19)29-2)21(26)22-11-10-20(25)23-12-5-6-13-23/h8-9,15-16H,3-7,10-14H2,1-2H3,(H,22,26)/t16-/m1/s1. The van der Waals surface area contributed by atoms with E-state index in [0.29, 0.717) is 6.54 Å². The first-order chi connectivity index (χ1) is 14.3. The number of sulfonamides is 1. The lowest BCUT2D eigenvalue weighted by atomic mass is 10.1. The Morgan fingerprint density at radius 1 is 1.13 bits per heavy atom. The monoisotopic (exact) mass is 437 g/mol. The van der Waals surface area contributed by atoms with Crippen molar-refractivity contribution in [2.75, 3.05) is 33.3 Å². The molecule has 0 unspecified atom stereocenters. The number of carbonyl (C=O) groups excluding carboxylic acids is 2. The van der Waals surface area contributed by atoms with Crippen LogP contribution >= 0.6 is 0 Å². The highest BCUT2D eigenvalue weighted by Crippen LogP contribution is 2.31. The molecule has 2 saturated heterocycles. The molecule has 1 N–H and O–H groups in total. The molecule has 3 rings (SSSR count). The Morgan fingerprint density at radius 3 is 2.50 bits per heavy atom. The number of piperidine rings is 1. The molecule has 0 bridgehead atoms. The van der Waals surface area contributed by atoms with Crippen molar-refractivity contribution in [1.29, 1.82) is 0 Å². The van der Waals surface area contributed by atoms with E-state index in [9.17, 15) is 18.0 Å². The van der Waals surface area contributed by atoms with Crippen molar-refractivity contribution in [2.24, 2.45) is 0 Å². The Kier molecular flexibility index (Phi) is 7.36. The van der Waals surface area contributed by atoms with Crippen molar-refractivity contribution >= 4 is 21.8 Å². The van der Waals surface area contributed by atoms with E-state index >= 15 is 0 Å². The summed E-state index contributed by atoms with van der Waals surface area (Å²) in [6, 6.07) is 4.32. The Morgan fingerprint density at radius 2 is 1.83 bits per heavy atom. The molecule has 0 radical (unpaired) electrons. The van der Waals surface area contributed by atoms with E-state index in [-0.39, 0.29) is 41.1 Å². The first-order valence-electron chi connectivity index (χ1n) is 10.6. The van der Waals surface area contributed by atoms with Crippen LogP contribution in [0, 0.1) is 0 Å². The van der Waals surface area contributed by atoms with Gasteiger partial charge in [-0.2, -0.15) is 4.31 Å². The summed E-state index contributed by atoms with van der Waals surface area (Å²) in [5.74, 6) is -0.159. The number of rotatable bonds is 7. The molecule has 166 valence electrons. The SMILES string of the molecule is COc1ccc(C(=O)NCCC(=O)N2CCCC2)cc1S(=O)(=O)N1CCCC[C@H]1C. The summed E-state index contributed by atoms with van der Waals surface area (Å²) >= 11 is 0. The molecule has 1 aromatic carbocycles. The molecule has 9 heteroatoms. The molecule has 8 nitrogen and oxygen atoms in total. The van der Waals surface area contributed by atoms with E-state index in [1.165, 1.54) is 29.6 Å². The number of amides is 2. The van der Waals surface area contributed by atoms with E-state index in [0.717, 1.165) is 45.2 Å². The fourth-order valence-electron chi connectivity index (χ4n) is 4.08. The number of hydrogen-bond donors (Lipinski definition) is 1. The lowest BCUT2D eigenvalue weighted by Gasteiger charge is -2.32. The van der Waals surface area contributed by atoms with Gasteiger partial charge in [-0.25, -0.2) is 8.42 Å². The van der Waals surface area contributed by atoms with Gasteiger partial charge in [-0.05, 0) is 50.8 Å². The first kappa shape index (κ1) is 22.6. The minimum atomic E-state index is -3.79. The van der Waals surface area contributed by atoms with Crippen LogP contribution in [0.4, 0.5) is 0 Å². The average molecular weight is 438 g/mol. The molecule has 0 aromatic heterocycles. The van der Waals surface area contributed by atoms with Gasteiger partial charge in [-0.1, -0.05) is 6.42 Å². The number of nitrogens with zero attached hydrogens (tertiary/aromatic N) is 2. The highest BCUT2D eigenvalue weighted by Gasteiger charge is 2.33. The van der Waals surface area contributed by atoms with Gasteiger partial charge in [-0.3, -0.25) is 9.59 Å². The predicted molar refractivity (Wildman–Crippen MR) is 113 cm³/mol. The van der Waals surface area contributed by atoms with Gasteiger partial charge in [-0.15, -0.1) is 0 Å². The van der Waals surface area contributed by atoms with E-state index in [1.807, 2.05) is 11.8 Å². The van der Waals surface area contributed by atoms with Crippen molar-refractivity contribution in [2.45, 2.75) is 56.4 Å². The smallest absolute Gasteiger partial charge is 0.251 e. The number of hydrogen-bond acceptors (Lipinski definition) is 5. The van der Waals surface area contributed by atoms with Crippen LogP contribution in [0.15, 0.2) is 23.1 Å². The molecule has 1 atom stereocenters. The van der Waals surface area contributed by atoms with Gasteiger partial charge in [0.2, 0.25) is 15.9 Å². The Hall–Kier alpha value is -2.13. The van der Waals surface area contributed by atoms with Crippen LogP contribution in [0.5, 0.6) is 5.75 Å². The molecule has 0 spiro atoms. The Bertz CT molecular complexity index is 881. The predicted octanol–water partition coefficient (Wildman–Crippen LogP) is 2.00. The largest absolute Gasteiger partial charge is 0.495 e. The summed E-state index contributed by atoms with van der Waals surface area (Å²) in [6.45, 7) is 4.13. The zero-order valence-corrected chi connectivity index (χ0v) is 18.5. The summed E-state index contributed by atoms with van der Waals surface area (Å²) in [5.41, 5.74) is 0.229. The van der Waals surface area contributed by atoms with Gasteiger partial charge in [0, 0.05) is 44.2 Å². The number of ether oxygens (including phenoxy) is 1. The number of benzene rings is 1. The second-order valence-electron chi connectivity index (χ2n) is 7.92. The zero-order valence-electron chi connectivity index (χ0n) is 17.7. The molecule has 1 aromatic rings. The van der Waals surface area contributed by atoms with E-state index in [1.54, 1.807) is 0 Å². The van der Waals surface area contributed by atoms with Crippen molar-refractivity contribution in [3.05, 3.63) is 23.8 Å². The maximum absolute atomic E-state index is 13.3. The molecule has 2 heterocycles. The van der Waals surface area contributed by atoms with Gasteiger partial charge < -0.3 is 15.0 Å². The molecule has 2 aliphatic heterocycles. The maximum Gasteiger partial charge on any atom is 0.251 e. The van der Waals surface area contributed by atoms with Gasteiger partial charge >= 0.3 is 0 Å². The molecule has 30 heavy (non-hydrogen) atoms. The Balaban J connectivity index is 1.71. The summed E-state index contributed by atoms with van der Waals surface area (Å²) in [6.07, 6.45) is 4.92. The highest BCUT2D eigenvalue weighted by atomic mass is 32.2. The second kappa shape index (κ2) is 9.78. The minimum Gasteiger partial charge on any atom is -0.495 e. The van der Waals surface area contributed by atoms with Crippen molar-refractivity contribution in [1.82, 2.24) is 14.5 Å². The van der Waals surface area contributed by atoms with E-state index < -0.39 is 15.9 Å². The fourth-order valence-corrected chi connectivity index (χ4v) is 5.97. The van der Waals surface area contributed by atoms with Gasteiger partial charge in [0.1, 0.15) is 10.6 Å². The van der Waals surface area contributed by atoms with Crippen LogP contribution < -0.4 is 10.1 Å². The number of carbonyl (C=O) groups is 2.